The molecule has 3 nitrogen and oxygen atoms in total. The zero-order chi connectivity index (χ0) is 13.4. The maximum absolute atomic E-state index is 6.05. The van der Waals surface area contributed by atoms with E-state index in [-0.39, 0.29) is 0 Å². The molecule has 1 aliphatic carbocycles. The van der Waals surface area contributed by atoms with Crippen LogP contribution in [0.25, 0.3) is 0 Å². The van der Waals surface area contributed by atoms with Crippen LogP contribution in [0.1, 0.15) is 26.2 Å². The van der Waals surface area contributed by atoms with Gasteiger partial charge in [0.2, 0.25) is 0 Å². The monoisotopic (exact) mass is 280 g/mol. The van der Waals surface area contributed by atoms with Gasteiger partial charge in [0.1, 0.15) is 5.75 Å². The molecule has 0 bridgehead atoms. The lowest BCUT2D eigenvalue weighted by Crippen LogP contribution is -2.30. The summed E-state index contributed by atoms with van der Waals surface area (Å²) >= 11 is 6.05. The van der Waals surface area contributed by atoms with E-state index in [4.69, 9.17) is 16.3 Å². The lowest BCUT2D eigenvalue weighted by Gasteiger charge is -2.20. The van der Waals surface area contributed by atoms with Crippen molar-refractivity contribution in [2.45, 2.75) is 44.3 Å². The molecule has 0 aromatic heterocycles. The van der Waals surface area contributed by atoms with E-state index in [9.17, 15) is 0 Å². The van der Waals surface area contributed by atoms with Crippen LogP contribution in [0.15, 0.2) is 18.2 Å². The number of halogens is 1. The highest BCUT2D eigenvalue weighted by atomic mass is 35.5. The van der Waals surface area contributed by atoms with Crippen LogP contribution >= 0.6 is 11.6 Å². The third-order valence-electron chi connectivity index (χ3n) is 4.16. The van der Waals surface area contributed by atoms with E-state index < -0.39 is 0 Å². The molecule has 1 aromatic rings. The normalized spacial score (nSPS) is 27.5. The zero-order valence-corrected chi connectivity index (χ0v) is 12.3. The maximum atomic E-state index is 6.05. The van der Waals surface area contributed by atoms with Crippen LogP contribution < -0.4 is 10.1 Å². The van der Waals surface area contributed by atoms with E-state index >= 15 is 0 Å². The van der Waals surface area contributed by atoms with E-state index in [1.54, 1.807) is 7.11 Å². The average molecular weight is 281 g/mol. The van der Waals surface area contributed by atoms with Gasteiger partial charge in [0.25, 0.3) is 0 Å². The fraction of sp³-hybridized carbons (Fsp3) is 0.600. The number of nitrogens with one attached hydrogen (secondary N) is 1. The minimum Gasteiger partial charge on any atom is -0.495 e. The Morgan fingerprint density at radius 1 is 1.37 bits per heavy atom. The summed E-state index contributed by atoms with van der Waals surface area (Å²) in [6, 6.07) is 7.96. The summed E-state index contributed by atoms with van der Waals surface area (Å²) in [6.07, 6.45) is 3.97. The molecule has 1 aliphatic heterocycles. The van der Waals surface area contributed by atoms with E-state index in [2.05, 4.69) is 17.1 Å². The number of rotatable bonds is 4. The summed E-state index contributed by atoms with van der Waals surface area (Å²) in [5.74, 6) is 0.733. The fourth-order valence-electron chi connectivity index (χ4n) is 3.06. The summed E-state index contributed by atoms with van der Waals surface area (Å²) in [5.41, 5.74) is 1.09. The molecular weight excluding hydrogens is 260 g/mol. The highest BCUT2D eigenvalue weighted by molar-refractivity contribution is 6.32. The quantitative estimate of drug-likeness (QED) is 0.915. The Bertz CT molecular complexity index is 461. The zero-order valence-electron chi connectivity index (χ0n) is 11.5. The number of hydrogen-bond acceptors (Lipinski definition) is 3. The minimum absolute atomic E-state index is 0.529. The number of nitrogens with zero attached hydrogens (tertiary/aromatic N) is 1. The van der Waals surface area contributed by atoms with Crippen molar-refractivity contribution in [2.24, 2.45) is 0 Å². The number of benzene rings is 1. The number of hydrogen-bond donors (Lipinski definition) is 1. The minimum atomic E-state index is 0.529. The van der Waals surface area contributed by atoms with Crippen molar-refractivity contribution < 1.29 is 4.74 Å². The second-order valence-corrected chi connectivity index (χ2v) is 6.11. The molecule has 1 saturated heterocycles. The van der Waals surface area contributed by atoms with Gasteiger partial charge in [-0.3, -0.25) is 4.90 Å². The van der Waals surface area contributed by atoms with Crippen molar-refractivity contribution in [2.75, 3.05) is 19.0 Å². The largest absolute Gasteiger partial charge is 0.495 e. The van der Waals surface area contributed by atoms with Gasteiger partial charge in [-0.25, -0.2) is 0 Å². The van der Waals surface area contributed by atoms with E-state index in [1.165, 1.54) is 19.3 Å². The molecule has 1 heterocycles. The number of ether oxygens (including phenoxy) is 1. The van der Waals surface area contributed by atoms with Gasteiger partial charge in [0.05, 0.1) is 12.1 Å². The van der Waals surface area contributed by atoms with Crippen molar-refractivity contribution in [3.63, 3.8) is 0 Å². The third-order valence-corrected chi connectivity index (χ3v) is 4.47. The van der Waals surface area contributed by atoms with Crippen molar-refractivity contribution >= 4 is 17.3 Å². The lowest BCUT2D eigenvalue weighted by molar-refractivity contribution is 0.257. The van der Waals surface area contributed by atoms with Gasteiger partial charge < -0.3 is 10.1 Å². The van der Waals surface area contributed by atoms with Crippen LogP contribution in [0, 0.1) is 0 Å². The molecule has 104 valence electrons. The molecule has 2 atom stereocenters. The molecule has 1 N–H and O–H groups in total. The molecule has 1 aromatic carbocycles. The first-order chi connectivity index (χ1) is 9.17. The molecule has 2 unspecified atom stereocenters. The van der Waals surface area contributed by atoms with Crippen molar-refractivity contribution in [3.05, 3.63) is 23.2 Å². The first-order valence-corrected chi connectivity index (χ1v) is 7.41. The van der Waals surface area contributed by atoms with E-state index in [0.717, 1.165) is 24.0 Å². The second-order valence-electron chi connectivity index (χ2n) is 5.70. The molecular formula is C15H21ClN2O. The van der Waals surface area contributed by atoms with Crippen LogP contribution in [0.4, 0.5) is 5.69 Å². The smallest absolute Gasteiger partial charge is 0.139 e. The van der Waals surface area contributed by atoms with E-state index in [1.807, 2.05) is 18.2 Å². The predicted octanol–water partition coefficient (Wildman–Crippen LogP) is 3.39. The summed E-state index contributed by atoms with van der Waals surface area (Å²) in [6.45, 7) is 3.49. The van der Waals surface area contributed by atoms with Gasteiger partial charge >= 0.3 is 0 Å². The fourth-order valence-corrected chi connectivity index (χ4v) is 3.26. The molecule has 0 amide bonds. The molecule has 2 fully saturated rings. The standard InChI is InChI=1S/C15H21ClN2O/c1-10-7-12(9-18(10)13-4-5-13)17-11-3-6-14(16)15(8-11)19-2/h3,6,8,10,12-13,17H,4-5,7,9H2,1-2H3. The molecule has 0 spiro atoms. The Balaban J connectivity index is 1.65. The van der Waals surface area contributed by atoms with Crippen LogP contribution in [0.3, 0.4) is 0 Å². The number of methoxy groups -OCH3 is 1. The summed E-state index contributed by atoms with van der Waals surface area (Å²) in [5, 5.41) is 4.27. The van der Waals surface area contributed by atoms with E-state index in [0.29, 0.717) is 17.1 Å². The van der Waals surface area contributed by atoms with Gasteiger partial charge in [0.15, 0.2) is 0 Å². The summed E-state index contributed by atoms with van der Waals surface area (Å²) in [4.78, 5) is 2.64. The first-order valence-electron chi connectivity index (χ1n) is 7.03. The Morgan fingerprint density at radius 2 is 2.16 bits per heavy atom. The molecule has 2 aliphatic rings. The van der Waals surface area contributed by atoms with Crippen LogP contribution in [0.5, 0.6) is 5.75 Å². The highest BCUT2D eigenvalue weighted by Crippen LogP contribution is 2.34. The topological polar surface area (TPSA) is 24.5 Å². The van der Waals surface area contributed by atoms with Gasteiger partial charge in [-0.05, 0) is 38.3 Å². The van der Waals surface area contributed by atoms with Gasteiger partial charge in [0, 0.05) is 36.4 Å². The Labute approximate surface area is 119 Å². The maximum Gasteiger partial charge on any atom is 0.139 e. The van der Waals surface area contributed by atoms with Crippen molar-refractivity contribution in [3.8, 4) is 5.75 Å². The molecule has 4 heteroatoms. The number of anilines is 1. The third kappa shape index (κ3) is 2.82. The lowest BCUT2D eigenvalue weighted by atomic mass is 10.2. The van der Waals surface area contributed by atoms with Crippen molar-refractivity contribution in [1.82, 2.24) is 4.90 Å². The molecule has 3 rings (SSSR count). The summed E-state index contributed by atoms with van der Waals surface area (Å²) in [7, 11) is 1.65. The van der Waals surface area contributed by atoms with Crippen LogP contribution in [0.2, 0.25) is 5.02 Å². The predicted molar refractivity (Wildman–Crippen MR) is 79.2 cm³/mol. The Hall–Kier alpha value is -0.930. The van der Waals surface area contributed by atoms with Crippen LogP contribution in [-0.2, 0) is 0 Å². The average Bonchev–Trinajstić information content (AvgIpc) is 3.17. The van der Waals surface area contributed by atoms with Crippen molar-refractivity contribution in [1.29, 1.82) is 0 Å². The summed E-state index contributed by atoms with van der Waals surface area (Å²) < 4.78 is 5.26. The van der Waals surface area contributed by atoms with Gasteiger partial charge in [-0.1, -0.05) is 11.6 Å². The first kappa shape index (κ1) is 13.1. The second kappa shape index (κ2) is 5.22. The SMILES string of the molecule is COc1cc(NC2CC(C)N(C3CC3)C2)ccc1Cl. The molecule has 1 saturated carbocycles. The Kier molecular flexibility index (Phi) is 3.59. The van der Waals surface area contributed by atoms with Gasteiger partial charge in [-0.2, -0.15) is 0 Å². The van der Waals surface area contributed by atoms with Gasteiger partial charge in [-0.15, -0.1) is 0 Å². The number of likely N-dealkylation sites (tertiary alicyclic amines) is 1. The highest BCUT2D eigenvalue weighted by Gasteiger charge is 2.38. The van der Waals surface area contributed by atoms with Crippen LogP contribution in [-0.4, -0.2) is 36.7 Å². The molecule has 0 radical (unpaired) electrons. The Morgan fingerprint density at radius 3 is 2.84 bits per heavy atom. The molecule has 19 heavy (non-hydrogen) atoms.